The predicted molar refractivity (Wildman–Crippen MR) is 59.7 cm³/mol. The highest BCUT2D eigenvalue weighted by Gasteiger charge is 2.12. The van der Waals surface area contributed by atoms with Crippen LogP contribution < -0.4 is 5.32 Å². The van der Waals surface area contributed by atoms with Crippen LogP contribution >= 0.6 is 11.6 Å². The van der Waals surface area contributed by atoms with E-state index in [1.165, 1.54) is 12.1 Å². The number of carboxylic acid groups (broad SMARTS) is 2. The molecule has 0 saturated carbocycles. The molecular formula is C10H7ClFNO4. The standard InChI is InChI=1S/C10H7ClFNO4/c11-6-2-3-7(13-10(16)17)5(9(6)12)1-4-8(14)15/h1-4,13H,(H,14,15)(H,16,17)/b4-1+. The van der Waals surface area contributed by atoms with E-state index in [4.69, 9.17) is 21.8 Å². The number of hydrogen-bond acceptors (Lipinski definition) is 2. The van der Waals surface area contributed by atoms with Crippen LogP contribution in [0.25, 0.3) is 6.08 Å². The number of carbonyl (C=O) groups is 2. The molecule has 0 unspecified atom stereocenters. The van der Waals surface area contributed by atoms with E-state index in [-0.39, 0.29) is 16.3 Å². The van der Waals surface area contributed by atoms with Crippen molar-refractivity contribution < 1.29 is 24.2 Å². The first-order chi connectivity index (χ1) is 7.91. The predicted octanol–water partition coefficient (Wildman–Crippen LogP) is 2.67. The van der Waals surface area contributed by atoms with Gasteiger partial charge in [-0.15, -0.1) is 0 Å². The summed E-state index contributed by atoms with van der Waals surface area (Å²) in [7, 11) is 0. The number of carboxylic acids is 1. The Kier molecular flexibility index (Phi) is 4.06. The van der Waals surface area contributed by atoms with Crippen molar-refractivity contribution >= 4 is 35.4 Å². The van der Waals surface area contributed by atoms with Gasteiger partial charge in [0.1, 0.15) is 0 Å². The van der Waals surface area contributed by atoms with Gasteiger partial charge in [-0.25, -0.2) is 14.0 Å². The summed E-state index contributed by atoms with van der Waals surface area (Å²) in [6.07, 6.45) is 0.216. The largest absolute Gasteiger partial charge is 0.478 e. The van der Waals surface area contributed by atoms with E-state index < -0.39 is 17.9 Å². The Morgan fingerprint density at radius 1 is 1.35 bits per heavy atom. The van der Waals surface area contributed by atoms with Crippen LogP contribution in [0.5, 0.6) is 0 Å². The Labute approximate surface area is 100 Å². The summed E-state index contributed by atoms with van der Waals surface area (Å²) in [5.74, 6) is -2.18. The van der Waals surface area contributed by atoms with Crippen molar-refractivity contribution in [3.63, 3.8) is 0 Å². The SMILES string of the molecule is O=C(O)/C=C/c1c(NC(=O)O)ccc(Cl)c1F. The second-order valence-corrected chi connectivity index (χ2v) is 3.33. The third-order valence-electron chi connectivity index (χ3n) is 1.77. The summed E-state index contributed by atoms with van der Waals surface area (Å²) in [5.41, 5.74) is -0.320. The lowest BCUT2D eigenvalue weighted by atomic mass is 10.1. The van der Waals surface area contributed by atoms with E-state index >= 15 is 0 Å². The molecule has 0 radical (unpaired) electrons. The van der Waals surface area contributed by atoms with Crippen molar-refractivity contribution in [2.24, 2.45) is 0 Å². The Morgan fingerprint density at radius 3 is 2.53 bits per heavy atom. The first kappa shape index (κ1) is 13.0. The van der Waals surface area contributed by atoms with E-state index in [0.29, 0.717) is 6.08 Å². The van der Waals surface area contributed by atoms with Crippen LogP contribution in [0.3, 0.4) is 0 Å². The lowest BCUT2D eigenvalue weighted by Gasteiger charge is -2.07. The minimum absolute atomic E-state index is 0.0862. The van der Waals surface area contributed by atoms with Crippen molar-refractivity contribution in [1.29, 1.82) is 0 Å². The van der Waals surface area contributed by atoms with Crippen LogP contribution in [-0.2, 0) is 4.79 Å². The molecule has 0 aromatic heterocycles. The summed E-state index contributed by atoms with van der Waals surface area (Å²) in [6.45, 7) is 0. The summed E-state index contributed by atoms with van der Waals surface area (Å²) < 4.78 is 13.6. The zero-order valence-electron chi connectivity index (χ0n) is 8.28. The van der Waals surface area contributed by atoms with Gasteiger partial charge in [-0.2, -0.15) is 0 Å². The highest BCUT2D eigenvalue weighted by Crippen LogP contribution is 2.26. The fourth-order valence-electron chi connectivity index (χ4n) is 1.11. The van der Waals surface area contributed by atoms with Gasteiger partial charge in [0.05, 0.1) is 10.7 Å². The molecule has 0 aliphatic carbocycles. The average molecular weight is 260 g/mol. The maximum atomic E-state index is 13.6. The van der Waals surface area contributed by atoms with Gasteiger partial charge in [0.2, 0.25) is 0 Å². The van der Waals surface area contributed by atoms with Gasteiger partial charge in [-0.1, -0.05) is 11.6 Å². The van der Waals surface area contributed by atoms with E-state index in [2.05, 4.69) is 0 Å². The van der Waals surface area contributed by atoms with Gasteiger partial charge >= 0.3 is 12.1 Å². The molecule has 1 amide bonds. The number of nitrogens with one attached hydrogen (secondary N) is 1. The van der Waals surface area contributed by atoms with Crippen molar-refractivity contribution in [2.45, 2.75) is 0 Å². The van der Waals surface area contributed by atoms with Crippen LogP contribution in [0.2, 0.25) is 5.02 Å². The lowest BCUT2D eigenvalue weighted by Crippen LogP contribution is -2.09. The van der Waals surface area contributed by atoms with Gasteiger partial charge in [0, 0.05) is 11.6 Å². The quantitative estimate of drug-likeness (QED) is 0.728. The van der Waals surface area contributed by atoms with Crippen molar-refractivity contribution in [3.8, 4) is 0 Å². The second kappa shape index (κ2) is 5.31. The van der Waals surface area contributed by atoms with E-state index in [9.17, 15) is 14.0 Å². The molecule has 0 saturated heterocycles. The molecule has 0 aliphatic rings. The molecule has 1 aromatic carbocycles. The van der Waals surface area contributed by atoms with Gasteiger partial charge in [-0.05, 0) is 18.2 Å². The van der Waals surface area contributed by atoms with Crippen LogP contribution in [0, 0.1) is 5.82 Å². The Hall–Kier alpha value is -2.08. The molecule has 0 aliphatic heterocycles. The van der Waals surface area contributed by atoms with Crippen LogP contribution in [-0.4, -0.2) is 22.3 Å². The molecule has 3 N–H and O–H groups in total. The molecule has 0 atom stereocenters. The minimum Gasteiger partial charge on any atom is -0.478 e. The molecule has 17 heavy (non-hydrogen) atoms. The molecule has 0 fully saturated rings. The van der Waals surface area contributed by atoms with Gasteiger partial charge in [0.25, 0.3) is 0 Å². The summed E-state index contributed by atoms with van der Waals surface area (Å²) >= 11 is 5.51. The maximum absolute atomic E-state index is 13.6. The highest BCUT2D eigenvalue weighted by atomic mass is 35.5. The molecule has 0 spiro atoms. The summed E-state index contributed by atoms with van der Waals surface area (Å²) in [6, 6.07) is 2.40. The first-order valence-electron chi connectivity index (χ1n) is 4.30. The highest BCUT2D eigenvalue weighted by molar-refractivity contribution is 6.31. The Morgan fingerprint density at radius 2 is 2.00 bits per heavy atom. The fraction of sp³-hybridized carbons (Fsp3) is 0. The first-order valence-corrected chi connectivity index (χ1v) is 4.68. The number of halogens is 2. The van der Waals surface area contributed by atoms with Gasteiger partial charge < -0.3 is 10.2 Å². The van der Waals surface area contributed by atoms with Gasteiger partial charge in [0.15, 0.2) is 5.82 Å². The monoisotopic (exact) mass is 259 g/mol. The molecule has 1 rings (SSSR count). The van der Waals surface area contributed by atoms with E-state index in [1.54, 1.807) is 0 Å². The number of anilines is 1. The maximum Gasteiger partial charge on any atom is 0.409 e. The van der Waals surface area contributed by atoms with Crippen molar-refractivity contribution in [3.05, 3.63) is 34.6 Å². The van der Waals surface area contributed by atoms with Crippen LogP contribution in [0.4, 0.5) is 14.9 Å². The number of hydrogen-bond donors (Lipinski definition) is 3. The third kappa shape index (κ3) is 3.46. The fourth-order valence-corrected chi connectivity index (χ4v) is 1.27. The molecule has 0 heterocycles. The van der Waals surface area contributed by atoms with Crippen LogP contribution in [0.1, 0.15) is 5.56 Å². The molecule has 7 heteroatoms. The third-order valence-corrected chi connectivity index (χ3v) is 2.06. The Bertz CT molecular complexity index is 501. The number of aliphatic carboxylic acids is 1. The van der Waals surface area contributed by atoms with E-state index in [0.717, 1.165) is 6.08 Å². The molecule has 90 valence electrons. The zero-order valence-corrected chi connectivity index (χ0v) is 9.03. The van der Waals surface area contributed by atoms with Crippen molar-refractivity contribution in [2.75, 3.05) is 5.32 Å². The topological polar surface area (TPSA) is 86.6 Å². The van der Waals surface area contributed by atoms with Crippen molar-refractivity contribution in [1.82, 2.24) is 0 Å². The Balaban J connectivity index is 3.25. The van der Waals surface area contributed by atoms with E-state index in [1.807, 2.05) is 5.32 Å². The molecule has 5 nitrogen and oxygen atoms in total. The summed E-state index contributed by atoms with van der Waals surface area (Å²) in [5, 5.41) is 18.7. The second-order valence-electron chi connectivity index (χ2n) is 2.92. The number of benzene rings is 1. The smallest absolute Gasteiger partial charge is 0.409 e. The zero-order chi connectivity index (χ0) is 13.0. The number of rotatable bonds is 3. The normalized spacial score (nSPS) is 10.5. The summed E-state index contributed by atoms with van der Waals surface area (Å²) in [4.78, 5) is 20.8. The molecule has 1 aromatic rings. The lowest BCUT2D eigenvalue weighted by molar-refractivity contribution is -0.131. The van der Waals surface area contributed by atoms with Crippen LogP contribution in [0.15, 0.2) is 18.2 Å². The average Bonchev–Trinajstić information content (AvgIpc) is 2.22. The number of amides is 1. The van der Waals surface area contributed by atoms with Gasteiger partial charge in [-0.3, -0.25) is 5.32 Å². The molecular weight excluding hydrogens is 253 g/mol. The molecule has 0 bridgehead atoms. The minimum atomic E-state index is -1.39.